The summed E-state index contributed by atoms with van der Waals surface area (Å²) in [6.45, 7) is 8.97. The Bertz CT molecular complexity index is 728. The van der Waals surface area contributed by atoms with Crippen LogP contribution < -0.4 is 10.6 Å². The van der Waals surface area contributed by atoms with Gasteiger partial charge in [-0.15, -0.1) is 0 Å². The second-order valence-electron chi connectivity index (χ2n) is 9.14. The molecule has 6 nitrogen and oxygen atoms in total. The Hall–Kier alpha value is -1.92. The molecule has 3 rings (SSSR count). The summed E-state index contributed by atoms with van der Waals surface area (Å²) >= 11 is 0. The quantitative estimate of drug-likeness (QED) is 0.539. The summed E-state index contributed by atoms with van der Waals surface area (Å²) in [5.74, 6) is 1.07. The van der Waals surface area contributed by atoms with Crippen LogP contribution in [-0.2, 0) is 19.1 Å². The molecule has 0 aromatic heterocycles. The van der Waals surface area contributed by atoms with Crippen molar-refractivity contribution in [2.75, 3.05) is 18.5 Å². The lowest BCUT2D eigenvalue weighted by Crippen LogP contribution is -2.39. The molecule has 0 heterocycles. The molecule has 0 aliphatic heterocycles. The molecule has 0 saturated heterocycles. The molecular formula is C24H36N2O4. The summed E-state index contributed by atoms with van der Waals surface area (Å²) in [4.78, 5) is 25.3. The minimum Gasteiger partial charge on any atom is -0.368 e. The van der Waals surface area contributed by atoms with Gasteiger partial charge in [-0.25, -0.2) is 0 Å². The van der Waals surface area contributed by atoms with Gasteiger partial charge in [-0.2, -0.15) is 0 Å². The highest BCUT2D eigenvalue weighted by Gasteiger charge is 2.28. The van der Waals surface area contributed by atoms with E-state index < -0.39 is 12.2 Å². The number of rotatable bonds is 12. The molecule has 166 valence electrons. The molecule has 3 atom stereocenters. The lowest BCUT2D eigenvalue weighted by molar-refractivity contribution is -0.133. The smallest absolute Gasteiger partial charge is 0.253 e. The maximum atomic E-state index is 12.7. The first kappa shape index (κ1) is 22.8. The van der Waals surface area contributed by atoms with E-state index in [1.54, 1.807) is 13.8 Å². The SMILES string of the molecule is CC(C)[C@H](NC(=O)[C@H](C)OCC1CC1)c1ccccc1NC(=O)[C@H](C)OCC1CC1. The van der Waals surface area contributed by atoms with Gasteiger partial charge in [-0.1, -0.05) is 32.0 Å². The predicted molar refractivity (Wildman–Crippen MR) is 117 cm³/mol. The summed E-state index contributed by atoms with van der Waals surface area (Å²) in [6, 6.07) is 7.40. The monoisotopic (exact) mass is 416 g/mol. The van der Waals surface area contributed by atoms with Crippen LogP contribution >= 0.6 is 0 Å². The molecule has 2 aliphatic carbocycles. The Morgan fingerprint density at radius 3 is 1.97 bits per heavy atom. The van der Waals surface area contributed by atoms with Crippen molar-refractivity contribution < 1.29 is 19.1 Å². The van der Waals surface area contributed by atoms with Crippen molar-refractivity contribution in [2.45, 2.75) is 71.6 Å². The Morgan fingerprint density at radius 1 is 0.900 bits per heavy atom. The van der Waals surface area contributed by atoms with Crippen molar-refractivity contribution in [3.8, 4) is 0 Å². The Labute approximate surface area is 180 Å². The molecule has 2 amide bonds. The minimum absolute atomic E-state index is 0.128. The second-order valence-corrected chi connectivity index (χ2v) is 9.14. The molecule has 2 saturated carbocycles. The largest absolute Gasteiger partial charge is 0.368 e. The molecule has 2 N–H and O–H groups in total. The Balaban J connectivity index is 1.63. The van der Waals surface area contributed by atoms with Crippen LogP contribution in [-0.4, -0.2) is 37.2 Å². The van der Waals surface area contributed by atoms with E-state index in [9.17, 15) is 9.59 Å². The van der Waals surface area contributed by atoms with Crippen LogP contribution in [0, 0.1) is 17.8 Å². The highest BCUT2D eigenvalue weighted by atomic mass is 16.5. The van der Waals surface area contributed by atoms with E-state index in [1.165, 1.54) is 25.7 Å². The highest BCUT2D eigenvalue weighted by molar-refractivity contribution is 5.94. The van der Waals surface area contributed by atoms with Crippen LogP contribution in [0.3, 0.4) is 0 Å². The maximum absolute atomic E-state index is 12.7. The fourth-order valence-electron chi connectivity index (χ4n) is 3.27. The molecule has 30 heavy (non-hydrogen) atoms. The predicted octanol–water partition coefficient (Wildman–Crippen LogP) is 4.07. The van der Waals surface area contributed by atoms with E-state index in [4.69, 9.17) is 9.47 Å². The van der Waals surface area contributed by atoms with E-state index in [0.29, 0.717) is 30.7 Å². The van der Waals surface area contributed by atoms with Crippen molar-refractivity contribution in [3.05, 3.63) is 29.8 Å². The van der Waals surface area contributed by atoms with Crippen molar-refractivity contribution in [1.29, 1.82) is 0 Å². The van der Waals surface area contributed by atoms with E-state index in [-0.39, 0.29) is 23.8 Å². The summed E-state index contributed by atoms with van der Waals surface area (Å²) in [6.07, 6.45) is 3.76. The summed E-state index contributed by atoms with van der Waals surface area (Å²) < 4.78 is 11.4. The van der Waals surface area contributed by atoms with Crippen LogP contribution in [0.15, 0.2) is 24.3 Å². The number of hydrogen-bond donors (Lipinski definition) is 2. The fourth-order valence-corrected chi connectivity index (χ4v) is 3.27. The molecule has 0 radical (unpaired) electrons. The molecule has 2 fully saturated rings. The number of para-hydroxylation sites is 1. The van der Waals surface area contributed by atoms with Crippen molar-refractivity contribution in [2.24, 2.45) is 17.8 Å². The van der Waals surface area contributed by atoms with E-state index in [0.717, 1.165) is 5.56 Å². The van der Waals surface area contributed by atoms with Gasteiger partial charge in [-0.05, 0) is 68.9 Å². The number of ether oxygens (including phenoxy) is 2. The number of amides is 2. The first-order valence-electron chi connectivity index (χ1n) is 11.3. The van der Waals surface area contributed by atoms with Gasteiger partial charge in [0.15, 0.2) is 0 Å². The first-order chi connectivity index (χ1) is 14.3. The summed E-state index contributed by atoms with van der Waals surface area (Å²) in [7, 11) is 0. The zero-order valence-electron chi connectivity index (χ0n) is 18.6. The van der Waals surface area contributed by atoms with Gasteiger partial charge in [0, 0.05) is 5.69 Å². The van der Waals surface area contributed by atoms with E-state index in [1.807, 2.05) is 24.3 Å². The zero-order valence-corrected chi connectivity index (χ0v) is 18.6. The van der Waals surface area contributed by atoms with Crippen molar-refractivity contribution in [3.63, 3.8) is 0 Å². The van der Waals surface area contributed by atoms with E-state index in [2.05, 4.69) is 24.5 Å². The van der Waals surface area contributed by atoms with Crippen molar-refractivity contribution in [1.82, 2.24) is 5.32 Å². The minimum atomic E-state index is -0.512. The summed E-state index contributed by atoms with van der Waals surface area (Å²) in [5, 5.41) is 6.12. The third-order valence-corrected chi connectivity index (χ3v) is 5.81. The number of carbonyl (C=O) groups is 2. The molecule has 1 aromatic rings. The number of anilines is 1. The molecular weight excluding hydrogens is 380 g/mol. The van der Waals surface area contributed by atoms with Gasteiger partial charge >= 0.3 is 0 Å². The first-order valence-corrected chi connectivity index (χ1v) is 11.3. The van der Waals surface area contributed by atoms with Gasteiger partial charge in [0.05, 0.1) is 19.3 Å². The lowest BCUT2D eigenvalue weighted by Gasteiger charge is -2.27. The van der Waals surface area contributed by atoms with Crippen LogP contribution in [0.2, 0.25) is 0 Å². The average Bonchev–Trinajstić information content (AvgIpc) is 3.63. The van der Waals surface area contributed by atoms with Crippen LogP contribution in [0.1, 0.15) is 65.0 Å². The molecule has 2 aliphatic rings. The van der Waals surface area contributed by atoms with Crippen molar-refractivity contribution >= 4 is 17.5 Å². The van der Waals surface area contributed by atoms with Crippen LogP contribution in [0.25, 0.3) is 0 Å². The van der Waals surface area contributed by atoms with Gasteiger partial charge in [0.25, 0.3) is 5.91 Å². The molecule has 0 spiro atoms. The normalized spacial score (nSPS) is 19.2. The average molecular weight is 417 g/mol. The molecule has 1 aromatic carbocycles. The van der Waals surface area contributed by atoms with Gasteiger partial charge < -0.3 is 20.1 Å². The van der Waals surface area contributed by atoms with Gasteiger partial charge in [0.2, 0.25) is 5.91 Å². The topological polar surface area (TPSA) is 76.7 Å². The molecule has 0 unspecified atom stereocenters. The van der Waals surface area contributed by atoms with Crippen LogP contribution in [0.4, 0.5) is 5.69 Å². The fraction of sp³-hybridized carbons (Fsp3) is 0.667. The number of carbonyl (C=O) groups excluding carboxylic acids is 2. The lowest BCUT2D eigenvalue weighted by atomic mass is 9.94. The van der Waals surface area contributed by atoms with Gasteiger partial charge in [-0.3, -0.25) is 9.59 Å². The third kappa shape index (κ3) is 6.81. The maximum Gasteiger partial charge on any atom is 0.253 e. The highest BCUT2D eigenvalue weighted by Crippen LogP contribution is 2.31. The molecule has 6 heteroatoms. The third-order valence-electron chi connectivity index (χ3n) is 5.81. The van der Waals surface area contributed by atoms with E-state index >= 15 is 0 Å². The molecule has 0 bridgehead atoms. The Kier molecular flexibility index (Phi) is 7.89. The number of nitrogens with one attached hydrogen (secondary N) is 2. The van der Waals surface area contributed by atoms with Gasteiger partial charge in [0.1, 0.15) is 12.2 Å². The number of benzene rings is 1. The zero-order chi connectivity index (χ0) is 21.7. The van der Waals surface area contributed by atoms with Crippen LogP contribution in [0.5, 0.6) is 0 Å². The second kappa shape index (κ2) is 10.4. The summed E-state index contributed by atoms with van der Waals surface area (Å²) in [5.41, 5.74) is 1.59. The number of hydrogen-bond acceptors (Lipinski definition) is 4. The Morgan fingerprint density at radius 2 is 1.43 bits per heavy atom. The standard InChI is InChI=1S/C24H36N2O4/c1-15(2)22(26-24(28)17(4)30-14-19-11-12-19)20-7-5-6-8-21(20)25-23(27)16(3)29-13-18-9-10-18/h5-8,15-19,22H,9-14H2,1-4H3,(H,25,27)(H,26,28)/t16-,17-,22-/m0/s1.